The van der Waals surface area contributed by atoms with Crippen LogP contribution in [0.3, 0.4) is 0 Å². The summed E-state index contributed by atoms with van der Waals surface area (Å²) in [5, 5.41) is 2.60. The maximum Gasteiger partial charge on any atom is 0.149 e. The van der Waals surface area contributed by atoms with E-state index in [4.69, 9.17) is 12.2 Å². The first-order chi connectivity index (χ1) is 6.00. The molecule has 13 heavy (non-hydrogen) atoms. The van der Waals surface area contributed by atoms with Crippen LogP contribution in [0.4, 0.5) is 14.5 Å². The van der Waals surface area contributed by atoms with Gasteiger partial charge < -0.3 is 5.32 Å². The third kappa shape index (κ3) is 2.70. The van der Waals surface area contributed by atoms with Crippen LogP contribution in [0.25, 0.3) is 0 Å². The highest BCUT2D eigenvalue weighted by atomic mass is 79.9. The summed E-state index contributed by atoms with van der Waals surface area (Å²) in [6.45, 7) is 1.62. The molecule has 1 aromatic carbocycles. The Morgan fingerprint density at radius 2 is 2.00 bits per heavy atom. The Bertz CT molecular complexity index is 354. The van der Waals surface area contributed by atoms with E-state index in [0.29, 0.717) is 4.99 Å². The molecule has 1 aromatic rings. The number of nitrogens with one attached hydrogen (secondary N) is 1. The van der Waals surface area contributed by atoms with Crippen molar-refractivity contribution in [3.8, 4) is 0 Å². The minimum Gasteiger partial charge on any atom is -0.348 e. The second-order valence-corrected chi connectivity index (χ2v) is 3.89. The molecule has 0 spiro atoms. The largest absolute Gasteiger partial charge is 0.348 e. The van der Waals surface area contributed by atoms with E-state index in [1.165, 1.54) is 6.07 Å². The van der Waals surface area contributed by atoms with Crippen LogP contribution < -0.4 is 5.32 Å². The van der Waals surface area contributed by atoms with Crippen LogP contribution >= 0.6 is 28.1 Å². The number of benzene rings is 1. The van der Waals surface area contributed by atoms with Gasteiger partial charge in [0.2, 0.25) is 0 Å². The fourth-order valence-electron chi connectivity index (χ4n) is 0.808. The monoisotopic (exact) mass is 265 g/mol. The summed E-state index contributed by atoms with van der Waals surface area (Å²) >= 11 is 7.67. The molecule has 1 N–H and O–H groups in total. The molecule has 0 unspecified atom stereocenters. The molecule has 0 radical (unpaired) electrons. The highest BCUT2D eigenvalue weighted by Gasteiger charge is 2.07. The van der Waals surface area contributed by atoms with Crippen LogP contribution in [-0.2, 0) is 0 Å². The first-order valence-electron chi connectivity index (χ1n) is 3.43. The summed E-state index contributed by atoms with van der Waals surface area (Å²) in [4.78, 5) is 0.428. The van der Waals surface area contributed by atoms with Gasteiger partial charge in [0.1, 0.15) is 11.6 Å². The maximum atomic E-state index is 13.0. The maximum absolute atomic E-state index is 13.0. The molecule has 70 valence electrons. The van der Waals surface area contributed by atoms with E-state index in [-0.39, 0.29) is 10.2 Å². The second-order valence-electron chi connectivity index (χ2n) is 2.43. The van der Waals surface area contributed by atoms with Gasteiger partial charge in [0.15, 0.2) is 0 Å². The zero-order valence-electron chi connectivity index (χ0n) is 6.70. The fourth-order valence-corrected chi connectivity index (χ4v) is 1.26. The summed E-state index contributed by atoms with van der Waals surface area (Å²) in [5.41, 5.74) is 0.167. The number of thiocarbonyl (C=S) groups is 1. The van der Waals surface area contributed by atoms with Crippen LogP contribution in [0.15, 0.2) is 16.6 Å². The average Bonchev–Trinajstić information content (AvgIpc) is 1.99. The van der Waals surface area contributed by atoms with Gasteiger partial charge in [-0.15, -0.1) is 0 Å². The first-order valence-corrected chi connectivity index (χ1v) is 4.63. The molecule has 0 aliphatic heterocycles. The molecule has 0 saturated carbocycles. The summed E-state index contributed by atoms with van der Waals surface area (Å²) < 4.78 is 26.0. The SMILES string of the molecule is CC(=S)Nc1cc(Br)c(F)cc1F. The molecule has 0 aliphatic carbocycles. The zero-order valence-corrected chi connectivity index (χ0v) is 9.10. The zero-order chi connectivity index (χ0) is 10.0. The first kappa shape index (κ1) is 10.5. The predicted octanol–water partition coefficient (Wildman–Crippen LogP) is 3.49. The van der Waals surface area contributed by atoms with Crippen molar-refractivity contribution in [2.24, 2.45) is 0 Å². The number of hydrogen-bond donors (Lipinski definition) is 1. The molecule has 0 atom stereocenters. The van der Waals surface area contributed by atoms with E-state index in [2.05, 4.69) is 21.2 Å². The van der Waals surface area contributed by atoms with Crippen molar-refractivity contribution >= 4 is 38.8 Å². The van der Waals surface area contributed by atoms with Crippen LogP contribution in [0.2, 0.25) is 0 Å². The summed E-state index contributed by atoms with van der Waals surface area (Å²) in [6, 6.07) is 2.10. The highest BCUT2D eigenvalue weighted by molar-refractivity contribution is 9.10. The minimum absolute atomic E-state index is 0.167. The van der Waals surface area contributed by atoms with Crippen LogP contribution in [-0.4, -0.2) is 4.99 Å². The van der Waals surface area contributed by atoms with Crippen LogP contribution in [0.1, 0.15) is 6.92 Å². The van der Waals surface area contributed by atoms with E-state index in [9.17, 15) is 8.78 Å². The van der Waals surface area contributed by atoms with E-state index >= 15 is 0 Å². The van der Waals surface area contributed by atoms with Gasteiger partial charge in [0.05, 0.1) is 15.1 Å². The van der Waals surface area contributed by atoms with Gasteiger partial charge in [0, 0.05) is 6.07 Å². The summed E-state index contributed by atoms with van der Waals surface area (Å²) in [5.74, 6) is -1.30. The van der Waals surface area contributed by atoms with Crippen LogP contribution in [0.5, 0.6) is 0 Å². The van der Waals surface area contributed by atoms with Crippen molar-refractivity contribution in [1.82, 2.24) is 0 Å². The van der Waals surface area contributed by atoms with Gasteiger partial charge >= 0.3 is 0 Å². The molecule has 0 aliphatic rings. The topological polar surface area (TPSA) is 12.0 Å². The van der Waals surface area contributed by atoms with E-state index in [0.717, 1.165) is 6.07 Å². The molecule has 5 heteroatoms. The van der Waals surface area contributed by atoms with Crippen molar-refractivity contribution in [2.45, 2.75) is 6.92 Å². The number of hydrogen-bond acceptors (Lipinski definition) is 1. The third-order valence-electron chi connectivity index (χ3n) is 1.32. The molecule has 0 saturated heterocycles. The molecule has 1 rings (SSSR count). The lowest BCUT2D eigenvalue weighted by Crippen LogP contribution is -2.05. The van der Waals surface area contributed by atoms with Crippen molar-refractivity contribution in [3.05, 3.63) is 28.2 Å². The van der Waals surface area contributed by atoms with Crippen LogP contribution in [0, 0.1) is 11.6 Å². The van der Waals surface area contributed by atoms with Crippen molar-refractivity contribution in [1.29, 1.82) is 0 Å². The standard InChI is InChI=1S/C8H6BrF2NS/c1-4(13)12-8-2-5(9)6(10)3-7(8)11/h2-3H,1H3,(H,12,13). The smallest absolute Gasteiger partial charge is 0.149 e. The van der Waals surface area contributed by atoms with E-state index < -0.39 is 11.6 Å². The summed E-state index contributed by atoms with van der Waals surface area (Å²) in [7, 11) is 0. The second kappa shape index (κ2) is 4.11. The molecule has 0 amide bonds. The molecular formula is C8H6BrF2NS. The van der Waals surface area contributed by atoms with Gasteiger partial charge in [0.25, 0.3) is 0 Å². The van der Waals surface area contributed by atoms with Gasteiger partial charge in [-0.25, -0.2) is 8.78 Å². The molecule has 1 nitrogen and oxygen atoms in total. The molecule has 0 bridgehead atoms. The molecule has 0 fully saturated rings. The lowest BCUT2D eigenvalue weighted by Gasteiger charge is -2.06. The highest BCUT2D eigenvalue weighted by Crippen LogP contribution is 2.23. The molecule has 0 aromatic heterocycles. The Labute approximate surface area is 88.3 Å². The number of anilines is 1. The quantitative estimate of drug-likeness (QED) is 0.617. The Morgan fingerprint density at radius 3 is 2.54 bits per heavy atom. The predicted molar refractivity (Wildman–Crippen MR) is 56.0 cm³/mol. The lowest BCUT2D eigenvalue weighted by atomic mass is 10.3. The summed E-state index contributed by atoms with van der Waals surface area (Å²) in [6.07, 6.45) is 0. The third-order valence-corrected chi connectivity index (χ3v) is 2.03. The number of halogens is 3. The normalized spacial score (nSPS) is 9.85. The minimum atomic E-state index is -0.662. The average molecular weight is 266 g/mol. The number of rotatable bonds is 1. The van der Waals surface area contributed by atoms with Crippen molar-refractivity contribution in [2.75, 3.05) is 5.32 Å². The molecule has 0 heterocycles. The Hall–Kier alpha value is -0.550. The van der Waals surface area contributed by atoms with Gasteiger partial charge in [-0.3, -0.25) is 0 Å². The van der Waals surface area contributed by atoms with Gasteiger partial charge in [-0.05, 0) is 28.9 Å². The fraction of sp³-hybridized carbons (Fsp3) is 0.125. The Balaban J connectivity index is 3.08. The van der Waals surface area contributed by atoms with Crippen molar-refractivity contribution in [3.63, 3.8) is 0 Å². The van der Waals surface area contributed by atoms with Gasteiger partial charge in [-0.2, -0.15) is 0 Å². The van der Waals surface area contributed by atoms with Crippen molar-refractivity contribution < 1.29 is 8.78 Å². The molecular weight excluding hydrogens is 260 g/mol. The lowest BCUT2D eigenvalue weighted by molar-refractivity contribution is 0.582. The Morgan fingerprint density at radius 1 is 1.38 bits per heavy atom. The van der Waals surface area contributed by atoms with E-state index in [1.54, 1.807) is 6.92 Å². The Kier molecular flexibility index (Phi) is 3.33. The van der Waals surface area contributed by atoms with E-state index in [1.807, 2.05) is 0 Å². The van der Waals surface area contributed by atoms with Gasteiger partial charge in [-0.1, -0.05) is 12.2 Å².